The maximum absolute atomic E-state index is 12.3. The predicted octanol–water partition coefficient (Wildman–Crippen LogP) is 5.58. The molecule has 0 atom stereocenters. The molecular weight excluding hydrogens is 380 g/mol. The molecule has 1 N–H and O–H groups in total. The maximum Gasteiger partial charge on any atom is 0.218 e. The molecule has 0 saturated heterocycles. The van der Waals surface area contributed by atoms with E-state index < -0.39 is 0 Å². The highest BCUT2D eigenvalue weighted by Gasteiger charge is 2.15. The van der Waals surface area contributed by atoms with Gasteiger partial charge in [0.15, 0.2) is 5.01 Å². The number of thiazole rings is 1. The molecule has 0 aliphatic rings. The number of halogens is 1. The van der Waals surface area contributed by atoms with Crippen molar-refractivity contribution >= 4 is 45.4 Å². The SMILES string of the molecule is O=C(/C=C(/O)c1cn(Cc2ccccc2)c2ccc(Cl)cc12)c1nccs1. The Bertz CT molecular complexity index is 1130. The highest BCUT2D eigenvalue weighted by molar-refractivity contribution is 7.11. The second kappa shape index (κ2) is 7.39. The second-order valence-corrected chi connectivity index (χ2v) is 7.38. The van der Waals surface area contributed by atoms with Gasteiger partial charge < -0.3 is 9.67 Å². The van der Waals surface area contributed by atoms with Gasteiger partial charge in [-0.15, -0.1) is 11.3 Å². The van der Waals surface area contributed by atoms with Gasteiger partial charge >= 0.3 is 0 Å². The standard InChI is InChI=1S/C21H15ClN2O2S/c22-15-6-7-18-16(10-15)17(13-24(18)12-14-4-2-1-3-5-14)19(25)11-20(26)21-23-8-9-27-21/h1-11,13,25H,12H2/b19-11+. The van der Waals surface area contributed by atoms with Gasteiger partial charge in [0, 0.05) is 51.9 Å². The molecule has 0 aliphatic carbocycles. The molecule has 134 valence electrons. The van der Waals surface area contributed by atoms with Gasteiger partial charge in [0.05, 0.1) is 0 Å². The van der Waals surface area contributed by atoms with Crippen LogP contribution in [0.2, 0.25) is 5.02 Å². The van der Waals surface area contributed by atoms with Crippen LogP contribution in [0.1, 0.15) is 20.9 Å². The highest BCUT2D eigenvalue weighted by atomic mass is 35.5. The summed E-state index contributed by atoms with van der Waals surface area (Å²) in [6, 6.07) is 15.6. The number of aliphatic hydroxyl groups is 1. The van der Waals surface area contributed by atoms with Crippen molar-refractivity contribution < 1.29 is 9.90 Å². The monoisotopic (exact) mass is 394 g/mol. The van der Waals surface area contributed by atoms with Gasteiger partial charge in [-0.25, -0.2) is 4.98 Å². The van der Waals surface area contributed by atoms with E-state index in [9.17, 15) is 9.90 Å². The molecule has 0 bridgehead atoms. The Morgan fingerprint density at radius 1 is 1.22 bits per heavy atom. The fourth-order valence-corrected chi connectivity index (χ4v) is 3.71. The summed E-state index contributed by atoms with van der Waals surface area (Å²) >= 11 is 7.40. The zero-order valence-electron chi connectivity index (χ0n) is 14.2. The molecule has 0 aliphatic heterocycles. The zero-order chi connectivity index (χ0) is 18.8. The molecule has 0 radical (unpaired) electrons. The van der Waals surface area contributed by atoms with Crippen molar-refractivity contribution in [3.05, 3.63) is 93.5 Å². The van der Waals surface area contributed by atoms with E-state index in [-0.39, 0.29) is 11.5 Å². The van der Waals surface area contributed by atoms with Gasteiger partial charge in [0.2, 0.25) is 5.78 Å². The maximum atomic E-state index is 12.3. The molecule has 2 aromatic heterocycles. The van der Waals surface area contributed by atoms with Gasteiger partial charge in [0.1, 0.15) is 5.76 Å². The molecule has 2 aromatic carbocycles. The summed E-state index contributed by atoms with van der Waals surface area (Å²) < 4.78 is 2.04. The van der Waals surface area contributed by atoms with Crippen LogP contribution in [-0.4, -0.2) is 20.4 Å². The molecule has 4 aromatic rings. The van der Waals surface area contributed by atoms with Crippen molar-refractivity contribution in [3.63, 3.8) is 0 Å². The van der Waals surface area contributed by atoms with Gasteiger partial charge in [-0.2, -0.15) is 0 Å². The van der Waals surface area contributed by atoms with Crippen molar-refractivity contribution in [2.45, 2.75) is 6.54 Å². The number of benzene rings is 2. The Labute approximate surface area is 165 Å². The summed E-state index contributed by atoms with van der Waals surface area (Å²) in [5, 5.41) is 14.0. The Hall–Kier alpha value is -2.89. The third-order valence-corrected chi connectivity index (χ3v) is 5.25. The number of carbonyl (C=O) groups excluding carboxylic acids is 1. The first kappa shape index (κ1) is 17.5. The summed E-state index contributed by atoms with van der Waals surface area (Å²) in [7, 11) is 0. The van der Waals surface area contributed by atoms with E-state index in [0.717, 1.165) is 16.5 Å². The van der Waals surface area contributed by atoms with E-state index in [2.05, 4.69) is 4.98 Å². The van der Waals surface area contributed by atoms with Crippen LogP contribution in [0.5, 0.6) is 0 Å². The molecule has 2 heterocycles. The Morgan fingerprint density at radius 2 is 2.04 bits per heavy atom. The number of allylic oxidation sites excluding steroid dienone is 1. The van der Waals surface area contributed by atoms with Crippen molar-refractivity contribution in [1.82, 2.24) is 9.55 Å². The van der Waals surface area contributed by atoms with Crippen LogP contribution in [0.4, 0.5) is 0 Å². The number of aromatic nitrogens is 2. The van der Waals surface area contributed by atoms with E-state index >= 15 is 0 Å². The molecule has 0 unspecified atom stereocenters. The molecular formula is C21H15ClN2O2S. The molecule has 0 saturated carbocycles. The summed E-state index contributed by atoms with van der Waals surface area (Å²) in [5.41, 5.74) is 2.63. The topological polar surface area (TPSA) is 55.1 Å². The number of ketones is 1. The lowest BCUT2D eigenvalue weighted by Crippen LogP contribution is -1.97. The van der Waals surface area contributed by atoms with Crippen LogP contribution in [0.15, 0.2) is 72.4 Å². The lowest BCUT2D eigenvalue weighted by Gasteiger charge is -2.05. The van der Waals surface area contributed by atoms with Gasteiger partial charge in [-0.05, 0) is 23.8 Å². The van der Waals surface area contributed by atoms with Crippen molar-refractivity contribution in [1.29, 1.82) is 0 Å². The Morgan fingerprint density at radius 3 is 2.78 bits per heavy atom. The average molecular weight is 395 g/mol. The molecule has 4 rings (SSSR count). The Kier molecular flexibility index (Phi) is 4.79. The number of carbonyl (C=O) groups is 1. The predicted molar refractivity (Wildman–Crippen MR) is 110 cm³/mol. The number of nitrogens with zero attached hydrogens (tertiary/aromatic N) is 2. The minimum atomic E-state index is -0.325. The Balaban J connectivity index is 1.78. The number of hydrogen-bond donors (Lipinski definition) is 1. The second-order valence-electron chi connectivity index (χ2n) is 6.05. The number of hydrogen-bond acceptors (Lipinski definition) is 4. The van der Waals surface area contributed by atoms with E-state index in [1.165, 1.54) is 17.4 Å². The average Bonchev–Trinajstić information content (AvgIpc) is 3.31. The zero-order valence-corrected chi connectivity index (χ0v) is 15.7. The molecule has 0 fully saturated rings. The largest absolute Gasteiger partial charge is 0.507 e. The van der Waals surface area contributed by atoms with Gasteiger partial charge in [-0.1, -0.05) is 41.9 Å². The van der Waals surface area contributed by atoms with Crippen molar-refractivity contribution in [2.24, 2.45) is 0 Å². The van der Waals surface area contributed by atoms with Crippen molar-refractivity contribution in [3.8, 4) is 0 Å². The fourth-order valence-electron chi connectivity index (χ4n) is 2.99. The first-order valence-electron chi connectivity index (χ1n) is 8.29. The molecule has 0 amide bonds. The lowest BCUT2D eigenvalue weighted by molar-refractivity contribution is 0.104. The number of aliphatic hydroxyl groups excluding tert-OH is 1. The third kappa shape index (κ3) is 3.65. The normalized spacial score (nSPS) is 11.8. The van der Waals surface area contributed by atoms with E-state index in [4.69, 9.17) is 11.6 Å². The highest BCUT2D eigenvalue weighted by Crippen LogP contribution is 2.29. The summed E-state index contributed by atoms with van der Waals surface area (Å²) in [6.45, 7) is 0.646. The number of rotatable bonds is 5. The van der Waals surface area contributed by atoms with E-state index in [0.29, 0.717) is 22.1 Å². The molecule has 0 spiro atoms. The summed E-state index contributed by atoms with van der Waals surface area (Å²) in [6.07, 6.45) is 4.62. The van der Waals surface area contributed by atoms with Crippen LogP contribution in [0.25, 0.3) is 16.7 Å². The minimum Gasteiger partial charge on any atom is -0.507 e. The van der Waals surface area contributed by atoms with Crippen LogP contribution >= 0.6 is 22.9 Å². The minimum absolute atomic E-state index is 0.103. The molecule has 4 nitrogen and oxygen atoms in total. The first-order valence-corrected chi connectivity index (χ1v) is 9.55. The first-order chi connectivity index (χ1) is 13.1. The molecule has 27 heavy (non-hydrogen) atoms. The van der Waals surface area contributed by atoms with Crippen LogP contribution in [-0.2, 0) is 6.54 Å². The quantitative estimate of drug-likeness (QED) is 0.273. The smallest absolute Gasteiger partial charge is 0.218 e. The number of fused-ring (bicyclic) bond motifs is 1. The van der Waals surface area contributed by atoms with E-state index in [1.54, 1.807) is 17.6 Å². The van der Waals surface area contributed by atoms with E-state index in [1.807, 2.05) is 53.2 Å². The van der Waals surface area contributed by atoms with Gasteiger partial charge in [-0.3, -0.25) is 4.79 Å². The summed E-state index contributed by atoms with van der Waals surface area (Å²) in [4.78, 5) is 16.3. The fraction of sp³-hybridized carbons (Fsp3) is 0.0476. The summed E-state index contributed by atoms with van der Waals surface area (Å²) in [5.74, 6) is -0.428. The molecule has 6 heteroatoms. The van der Waals surface area contributed by atoms with Crippen LogP contribution in [0.3, 0.4) is 0 Å². The van der Waals surface area contributed by atoms with Crippen molar-refractivity contribution in [2.75, 3.05) is 0 Å². The van der Waals surface area contributed by atoms with Gasteiger partial charge in [0.25, 0.3) is 0 Å². The van der Waals surface area contributed by atoms with Crippen LogP contribution in [0, 0.1) is 0 Å². The lowest BCUT2D eigenvalue weighted by atomic mass is 10.1. The third-order valence-electron chi connectivity index (χ3n) is 4.23. The van der Waals surface area contributed by atoms with Crippen LogP contribution < -0.4 is 0 Å².